The summed E-state index contributed by atoms with van der Waals surface area (Å²) < 4.78 is 51.7. The number of aryl methyl sites for hydroxylation is 1. The molecular weight excluding hydrogens is 410 g/mol. The summed E-state index contributed by atoms with van der Waals surface area (Å²) >= 11 is 5.83. The number of nitrogens with zero attached hydrogens (tertiary/aromatic N) is 1. The molecule has 0 bridgehead atoms. The number of benzene rings is 2. The van der Waals surface area contributed by atoms with Gasteiger partial charge in [-0.15, -0.1) is 0 Å². The summed E-state index contributed by atoms with van der Waals surface area (Å²) in [6.45, 7) is 1.72. The Kier molecular flexibility index (Phi) is 7.37. The highest BCUT2D eigenvalue weighted by molar-refractivity contribution is 7.92. The molecule has 2 aromatic rings. The van der Waals surface area contributed by atoms with E-state index < -0.39 is 33.6 Å². The second kappa shape index (κ2) is 9.34. The molecule has 9 heteroatoms. The van der Waals surface area contributed by atoms with E-state index in [0.29, 0.717) is 24.4 Å². The maximum Gasteiger partial charge on any atom is 0.243 e. The lowest BCUT2D eigenvalue weighted by atomic mass is 10.1. The van der Waals surface area contributed by atoms with Crippen molar-refractivity contribution >= 4 is 33.2 Å². The van der Waals surface area contributed by atoms with Crippen LogP contribution in [-0.4, -0.2) is 33.2 Å². The Balaban J connectivity index is 2.01. The van der Waals surface area contributed by atoms with Crippen LogP contribution in [0, 0.1) is 11.6 Å². The van der Waals surface area contributed by atoms with Gasteiger partial charge in [-0.3, -0.25) is 9.10 Å². The number of amides is 1. The fourth-order valence-electron chi connectivity index (χ4n) is 2.73. The summed E-state index contributed by atoms with van der Waals surface area (Å²) in [6.07, 6.45) is 2.26. The average Bonchev–Trinajstić information content (AvgIpc) is 2.62. The topological polar surface area (TPSA) is 66.5 Å². The largest absolute Gasteiger partial charge is 0.354 e. The van der Waals surface area contributed by atoms with Crippen molar-refractivity contribution in [2.24, 2.45) is 0 Å². The lowest BCUT2D eigenvalue weighted by Crippen LogP contribution is -2.48. The van der Waals surface area contributed by atoms with Crippen molar-refractivity contribution in [1.29, 1.82) is 0 Å². The van der Waals surface area contributed by atoms with Gasteiger partial charge in [-0.2, -0.15) is 0 Å². The number of carbonyl (C=O) groups is 1. The van der Waals surface area contributed by atoms with Crippen LogP contribution in [-0.2, 0) is 21.2 Å². The van der Waals surface area contributed by atoms with E-state index in [-0.39, 0.29) is 5.69 Å². The van der Waals surface area contributed by atoms with Crippen LogP contribution in [0.15, 0.2) is 42.5 Å². The third-order valence-corrected chi connectivity index (χ3v) is 5.59. The van der Waals surface area contributed by atoms with Crippen molar-refractivity contribution in [1.82, 2.24) is 5.32 Å². The van der Waals surface area contributed by atoms with Crippen LogP contribution in [0.25, 0.3) is 0 Å². The van der Waals surface area contributed by atoms with Crippen molar-refractivity contribution in [2.45, 2.75) is 25.8 Å². The number of sulfonamides is 1. The number of rotatable bonds is 8. The molecule has 1 N–H and O–H groups in total. The minimum absolute atomic E-state index is 0.120. The van der Waals surface area contributed by atoms with Gasteiger partial charge in [-0.25, -0.2) is 17.2 Å². The van der Waals surface area contributed by atoms with Crippen LogP contribution in [0.1, 0.15) is 18.9 Å². The Morgan fingerprint density at radius 1 is 1.14 bits per heavy atom. The first kappa shape index (κ1) is 22.1. The van der Waals surface area contributed by atoms with E-state index in [4.69, 9.17) is 11.6 Å². The summed E-state index contributed by atoms with van der Waals surface area (Å²) in [6, 6.07) is 8.90. The van der Waals surface area contributed by atoms with Crippen molar-refractivity contribution in [3.63, 3.8) is 0 Å². The van der Waals surface area contributed by atoms with Gasteiger partial charge in [0.05, 0.1) is 11.9 Å². The van der Waals surface area contributed by atoms with E-state index in [0.717, 1.165) is 34.3 Å². The smallest absolute Gasteiger partial charge is 0.243 e. The van der Waals surface area contributed by atoms with Crippen molar-refractivity contribution in [2.75, 3.05) is 17.1 Å². The van der Waals surface area contributed by atoms with E-state index >= 15 is 0 Å². The number of carbonyl (C=O) groups excluding carboxylic acids is 1. The Hall–Kier alpha value is -2.19. The highest BCUT2D eigenvalue weighted by Crippen LogP contribution is 2.23. The number of nitrogens with one attached hydrogen (secondary N) is 1. The molecule has 0 heterocycles. The first-order valence-corrected chi connectivity index (χ1v) is 10.8. The van der Waals surface area contributed by atoms with Crippen LogP contribution < -0.4 is 9.62 Å². The van der Waals surface area contributed by atoms with Gasteiger partial charge in [0.15, 0.2) is 11.6 Å². The van der Waals surface area contributed by atoms with Gasteiger partial charge in [0.2, 0.25) is 15.9 Å². The van der Waals surface area contributed by atoms with Gasteiger partial charge in [0.1, 0.15) is 6.04 Å². The van der Waals surface area contributed by atoms with Crippen molar-refractivity contribution in [3.05, 3.63) is 64.7 Å². The molecule has 152 valence electrons. The molecule has 2 rings (SSSR count). The fourth-order valence-corrected chi connectivity index (χ4v) is 4.03. The lowest BCUT2D eigenvalue weighted by Gasteiger charge is -2.28. The molecular formula is C19H21ClF2N2O3S. The molecule has 0 fully saturated rings. The summed E-state index contributed by atoms with van der Waals surface area (Å²) in [4.78, 5) is 12.4. The van der Waals surface area contributed by atoms with Crippen molar-refractivity contribution < 1.29 is 22.0 Å². The Morgan fingerprint density at radius 2 is 1.79 bits per heavy atom. The second-order valence-electron chi connectivity index (χ2n) is 6.35. The molecule has 0 aliphatic carbocycles. The van der Waals surface area contributed by atoms with E-state index in [9.17, 15) is 22.0 Å². The third-order valence-electron chi connectivity index (χ3n) is 4.10. The highest BCUT2D eigenvalue weighted by Gasteiger charge is 2.29. The maximum absolute atomic E-state index is 13.5. The summed E-state index contributed by atoms with van der Waals surface area (Å²) in [5, 5.41) is 3.32. The van der Waals surface area contributed by atoms with E-state index in [2.05, 4.69) is 5.32 Å². The zero-order valence-corrected chi connectivity index (χ0v) is 17.0. The van der Waals surface area contributed by atoms with Crippen LogP contribution in [0.4, 0.5) is 14.5 Å². The lowest BCUT2D eigenvalue weighted by molar-refractivity contribution is -0.121. The first-order valence-electron chi connectivity index (χ1n) is 8.56. The van der Waals surface area contributed by atoms with Crippen LogP contribution in [0.2, 0.25) is 5.02 Å². The SMILES string of the molecule is C[C@H](C(=O)NCCCc1ccc(Cl)cc1)N(c1ccc(F)c(F)c1)S(C)(=O)=O. The zero-order valence-electron chi connectivity index (χ0n) is 15.5. The Morgan fingerprint density at radius 3 is 2.36 bits per heavy atom. The van der Waals surface area contributed by atoms with E-state index in [1.165, 1.54) is 6.92 Å². The summed E-state index contributed by atoms with van der Waals surface area (Å²) in [5.41, 5.74) is 0.941. The zero-order chi connectivity index (χ0) is 20.9. The predicted molar refractivity (Wildman–Crippen MR) is 106 cm³/mol. The second-order valence-corrected chi connectivity index (χ2v) is 8.65. The van der Waals surface area contributed by atoms with Gasteiger partial charge in [-0.05, 0) is 49.6 Å². The van der Waals surface area contributed by atoms with Crippen molar-refractivity contribution in [3.8, 4) is 0 Å². The molecule has 0 aliphatic heterocycles. The number of hydrogen-bond acceptors (Lipinski definition) is 3. The van der Waals surface area contributed by atoms with E-state index in [1.807, 2.05) is 12.1 Å². The quantitative estimate of drug-likeness (QED) is 0.651. The minimum atomic E-state index is -3.90. The molecule has 5 nitrogen and oxygen atoms in total. The third kappa shape index (κ3) is 5.90. The van der Waals surface area contributed by atoms with E-state index in [1.54, 1.807) is 12.1 Å². The molecule has 0 aromatic heterocycles. The molecule has 0 saturated carbocycles. The normalized spacial score (nSPS) is 12.5. The molecule has 0 unspecified atom stereocenters. The molecule has 1 atom stereocenters. The monoisotopic (exact) mass is 430 g/mol. The van der Waals surface area contributed by atoms with Crippen LogP contribution in [0.5, 0.6) is 0 Å². The Bertz CT molecular complexity index is 937. The van der Waals surface area contributed by atoms with Gasteiger partial charge in [-0.1, -0.05) is 23.7 Å². The minimum Gasteiger partial charge on any atom is -0.354 e. The number of hydrogen-bond donors (Lipinski definition) is 1. The molecule has 0 spiro atoms. The first-order chi connectivity index (χ1) is 13.1. The van der Waals surface area contributed by atoms with Crippen LogP contribution in [0.3, 0.4) is 0 Å². The summed E-state index contributed by atoms with van der Waals surface area (Å²) in [5.74, 6) is -2.83. The van der Waals surface area contributed by atoms with Gasteiger partial charge >= 0.3 is 0 Å². The number of halogens is 3. The highest BCUT2D eigenvalue weighted by atomic mass is 35.5. The average molecular weight is 431 g/mol. The molecule has 28 heavy (non-hydrogen) atoms. The standard InChI is InChI=1S/C19H21ClF2N2O3S/c1-13(19(25)23-11-3-4-14-5-7-15(20)8-6-14)24(28(2,26)27)16-9-10-17(21)18(22)12-16/h5-10,12-13H,3-4,11H2,1-2H3,(H,23,25)/t13-/m1/s1. The molecule has 1 amide bonds. The molecule has 0 radical (unpaired) electrons. The molecule has 2 aromatic carbocycles. The molecule has 0 saturated heterocycles. The van der Waals surface area contributed by atoms with Crippen LogP contribution >= 0.6 is 11.6 Å². The predicted octanol–water partition coefficient (Wildman–Crippen LogP) is 3.52. The van der Waals surface area contributed by atoms with Gasteiger partial charge < -0.3 is 5.32 Å². The number of anilines is 1. The van der Waals surface area contributed by atoms with Gasteiger partial charge in [0.25, 0.3) is 0 Å². The molecule has 0 aliphatic rings. The maximum atomic E-state index is 13.5. The van der Waals surface area contributed by atoms with Gasteiger partial charge in [0, 0.05) is 17.6 Å². The Labute approximate surface area is 168 Å². The summed E-state index contributed by atoms with van der Waals surface area (Å²) in [7, 11) is -3.90. The fraction of sp³-hybridized carbons (Fsp3) is 0.316.